The lowest BCUT2D eigenvalue weighted by atomic mass is 10.1. The molecule has 26 heavy (non-hydrogen) atoms. The van der Waals surface area contributed by atoms with Gasteiger partial charge in [-0.3, -0.25) is 4.79 Å². The summed E-state index contributed by atoms with van der Waals surface area (Å²) in [6.07, 6.45) is 1.58. The average Bonchev–Trinajstić information content (AvgIpc) is 2.62. The fourth-order valence-electron chi connectivity index (χ4n) is 2.38. The molecule has 1 amide bonds. The van der Waals surface area contributed by atoms with Crippen molar-refractivity contribution in [2.24, 2.45) is 5.10 Å². The molecule has 0 atom stereocenters. The first-order valence-corrected chi connectivity index (χ1v) is 8.91. The van der Waals surface area contributed by atoms with Crippen LogP contribution in [0.25, 0.3) is 0 Å². The third kappa shape index (κ3) is 6.08. The quantitative estimate of drug-likeness (QED) is 0.407. The normalized spacial score (nSPS) is 11.3. The molecule has 0 saturated heterocycles. The number of nitrogens with zero attached hydrogens (tertiary/aromatic N) is 1. The van der Waals surface area contributed by atoms with E-state index in [0.717, 1.165) is 22.6 Å². The monoisotopic (exact) mass is 374 g/mol. The smallest absolute Gasteiger partial charge is 0.240 e. The Morgan fingerprint density at radius 3 is 2.62 bits per heavy atom. The Morgan fingerprint density at radius 2 is 1.96 bits per heavy atom. The first-order chi connectivity index (χ1) is 12.5. The zero-order valence-electron chi connectivity index (χ0n) is 15.0. The molecule has 138 valence electrons. The number of carbonyl (C=O) groups is 1. The number of rotatable bonds is 8. The van der Waals surface area contributed by atoms with Crippen molar-refractivity contribution in [3.05, 3.63) is 58.6 Å². The molecular weight excluding hydrogens is 352 g/mol. The van der Waals surface area contributed by atoms with Gasteiger partial charge >= 0.3 is 0 Å². The third-order valence-electron chi connectivity index (χ3n) is 3.79. The maximum Gasteiger partial charge on any atom is 0.240 e. The summed E-state index contributed by atoms with van der Waals surface area (Å²) in [5.41, 5.74) is 5.17. The molecule has 2 aromatic carbocycles. The molecule has 5 nitrogen and oxygen atoms in total. The Kier molecular flexibility index (Phi) is 7.48. The number of aryl methyl sites for hydroxylation is 1. The SMILES string of the molecule is CC/C(=N\NC(=O)CCCOc1ccc(Cl)cc1C)c1ccc(O)cc1. The Bertz CT molecular complexity index is 773. The summed E-state index contributed by atoms with van der Waals surface area (Å²) >= 11 is 5.91. The zero-order valence-corrected chi connectivity index (χ0v) is 15.7. The molecule has 0 aromatic heterocycles. The number of amides is 1. The number of nitrogens with one attached hydrogen (secondary N) is 1. The van der Waals surface area contributed by atoms with Gasteiger partial charge in [0.1, 0.15) is 11.5 Å². The Hall–Kier alpha value is -2.53. The van der Waals surface area contributed by atoms with E-state index in [2.05, 4.69) is 10.5 Å². The molecule has 0 aliphatic carbocycles. The van der Waals surface area contributed by atoms with Crippen molar-refractivity contribution in [1.29, 1.82) is 0 Å². The summed E-state index contributed by atoms with van der Waals surface area (Å²) in [6.45, 7) is 4.33. The van der Waals surface area contributed by atoms with Crippen molar-refractivity contribution in [3.63, 3.8) is 0 Å². The highest BCUT2D eigenvalue weighted by Gasteiger charge is 2.05. The molecular formula is C20H23ClN2O3. The van der Waals surface area contributed by atoms with E-state index in [4.69, 9.17) is 16.3 Å². The van der Waals surface area contributed by atoms with Gasteiger partial charge in [0.25, 0.3) is 0 Å². The van der Waals surface area contributed by atoms with E-state index in [1.54, 1.807) is 30.3 Å². The molecule has 0 saturated carbocycles. The van der Waals surface area contributed by atoms with Gasteiger partial charge in [-0.25, -0.2) is 5.43 Å². The zero-order chi connectivity index (χ0) is 18.9. The van der Waals surface area contributed by atoms with Crippen molar-refractivity contribution in [3.8, 4) is 11.5 Å². The van der Waals surface area contributed by atoms with Gasteiger partial charge in [-0.15, -0.1) is 0 Å². The van der Waals surface area contributed by atoms with Gasteiger partial charge in [0.15, 0.2) is 0 Å². The molecule has 0 fully saturated rings. The van der Waals surface area contributed by atoms with E-state index < -0.39 is 0 Å². The van der Waals surface area contributed by atoms with E-state index in [0.29, 0.717) is 30.9 Å². The van der Waals surface area contributed by atoms with Crippen LogP contribution in [-0.2, 0) is 4.79 Å². The largest absolute Gasteiger partial charge is 0.508 e. The summed E-state index contributed by atoms with van der Waals surface area (Å²) < 4.78 is 5.67. The third-order valence-corrected chi connectivity index (χ3v) is 4.03. The van der Waals surface area contributed by atoms with Crippen LogP contribution < -0.4 is 10.2 Å². The van der Waals surface area contributed by atoms with Crippen molar-refractivity contribution < 1.29 is 14.6 Å². The van der Waals surface area contributed by atoms with Crippen molar-refractivity contribution in [2.45, 2.75) is 33.1 Å². The molecule has 2 aromatic rings. The van der Waals surface area contributed by atoms with E-state index in [1.807, 2.05) is 26.0 Å². The molecule has 2 rings (SSSR count). The summed E-state index contributed by atoms with van der Waals surface area (Å²) in [7, 11) is 0. The van der Waals surface area contributed by atoms with Crippen LogP contribution in [0.5, 0.6) is 11.5 Å². The molecule has 0 aliphatic rings. The van der Waals surface area contributed by atoms with Crippen molar-refractivity contribution in [1.82, 2.24) is 5.43 Å². The lowest BCUT2D eigenvalue weighted by molar-refractivity contribution is -0.121. The second-order valence-corrected chi connectivity index (χ2v) is 6.29. The van der Waals surface area contributed by atoms with Gasteiger partial charge in [0, 0.05) is 11.4 Å². The minimum absolute atomic E-state index is 0.161. The minimum Gasteiger partial charge on any atom is -0.508 e. The maximum atomic E-state index is 11.9. The standard InChI is InChI=1S/C20H23ClN2O3/c1-3-18(15-6-9-17(24)10-7-15)22-23-20(25)5-4-12-26-19-11-8-16(21)13-14(19)2/h6-11,13,24H,3-5,12H2,1-2H3,(H,23,25)/b22-18+. The first-order valence-electron chi connectivity index (χ1n) is 8.53. The molecule has 0 aliphatic heterocycles. The fourth-order valence-corrected chi connectivity index (χ4v) is 2.60. The number of hydrogen-bond acceptors (Lipinski definition) is 4. The molecule has 0 bridgehead atoms. The second kappa shape index (κ2) is 9.82. The van der Waals surface area contributed by atoms with Crippen molar-refractivity contribution in [2.75, 3.05) is 6.61 Å². The lowest BCUT2D eigenvalue weighted by Gasteiger charge is -2.09. The predicted octanol–water partition coefficient (Wildman–Crippen LogP) is 4.44. The number of phenols is 1. The van der Waals surface area contributed by atoms with Gasteiger partial charge in [-0.2, -0.15) is 5.10 Å². The number of phenolic OH excluding ortho intramolecular Hbond substituents is 1. The summed E-state index contributed by atoms with van der Waals surface area (Å²) in [6, 6.07) is 12.2. The maximum absolute atomic E-state index is 11.9. The summed E-state index contributed by atoms with van der Waals surface area (Å²) in [5.74, 6) is 0.809. The van der Waals surface area contributed by atoms with Crippen LogP contribution in [0, 0.1) is 6.92 Å². The van der Waals surface area contributed by atoms with E-state index in [-0.39, 0.29) is 11.7 Å². The van der Waals surface area contributed by atoms with Crippen LogP contribution in [0.1, 0.15) is 37.3 Å². The highest BCUT2D eigenvalue weighted by Crippen LogP contribution is 2.21. The van der Waals surface area contributed by atoms with Gasteiger partial charge in [-0.05, 0) is 73.4 Å². The second-order valence-electron chi connectivity index (χ2n) is 5.86. The molecule has 0 unspecified atom stereocenters. The number of benzene rings is 2. The number of ether oxygens (including phenoxy) is 1. The number of aromatic hydroxyl groups is 1. The number of hydrazone groups is 1. The molecule has 0 heterocycles. The highest BCUT2D eigenvalue weighted by molar-refractivity contribution is 6.30. The molecule has 0 spiro atoms. The molecule has 0 radical (unpaired) electrons. The topological polar surface area (TPSA) is 70.9 Å². The van der Waals surface area contributed by atoms with Gasteiger partial charge in [-0.1, -0.05) is 18.5 Å². The Morgan fingerprint density at radius 1 is 1.23 bits per heavy atom. The number of hydrogen-bond donors (Lipinski definition) is 2. The van der Waals surface area contributed by atoms with Crippen LogP contribution in [0.15, 0.2) is 47.6 Å². The molecule has 6 heteroatoms. The predicted molar refractivity (Wildman–Crippen MR) is 104 cm³/mol. The van der Waals surface area contributed by atoms with E-state index >= 15 is 0 Å². The fraction of sp³-hybridized carbons (Fsp3) is 0.300. The lowest BCUT2D eigenvalue weighted by Crippen LogP contribution is -2.20. The Balaban J connectivity index is 1.78. The van der Waals surface area contributed by atoms with Gasteiger partial charge < -0.3 is 9.84 Å². The van der Waals surface area contributed by atoms with E-state index in [9.17, 15) is 9.90 Å². The highest BCUT2D eigenvalue weighted by atomic mass is 35.5. The van der Waals surface area contributed by atoms with Crippen LogP contribution in [0.2, 0.25) is 5.02 Å². The summed E-state index contributed by atoms with van der Waals surface area (Å²) in [4.78, 5) is 11.9. The van der Waals surface area contributed by atoms with Gasteiger partial charge in [0.2, 0.25) is 5.91 Å². The number of carbonyl (C=O) groups excluding carboxylic acids is 1. The molecule has 2 N–H and O–H groups in total. The average molecular weight is 375 g/mol. The van der Waals surface area contributed by atoms with Crippen LogP contribution >= 0.6 is 11.6 Å². The minimum atomic E-state index is -0.161. The van der Waals surface area contributed by atoms with Crippen LogP contribution in [0.3, 0.4) is 0 Å². The van der Waals surface area contributed by atoms with Crippen molar-refractivity contribution >= 4 is 23.2 Å². The number of halogens is 1. The van der Waals surface area contributed by atoms with Gasteiger partial charge in [0.05, 0.1) is 12.3 Å². The van der Waals surface area contributed by atoms with E-state index in [1.165, 1.54) is 0 Å². The Labute approximate surface area is 158 Å². The first kappa shape index (κ1) is 19.8. The van der Waals surface area contributed by atoms with Crippen LogP contribution in [-0.4, -0.2) is 23.3 Å². The van der Waals surface area contributed by atoms with Crippen LogP contribution in [0.4, 0.5) is 0 Å². The summed E-state index contributed by atoms with van der Waals surface area (Å²) in [5, 5.41) is 14.2.